The maximum Gasteiger partial charge on any atom is 0.343 e. The number of rotatable bonds is 5. The van der Waals surface area contributed by atoms with Crippen molar-refractivity contribution in [1.29, 1.82) is 0 Å². The molecule has 7 nitrogen and oxygen atoms in total. The van der Waals surface area contributed by atoms with Crippen LogP contribution in [-0.2, 0) is 30.2 Å². The Hall–Kier alpha value is -2.48. The van der Waals surface area contributed by atoms with Gasteiger partial charge in [-0.3, -0.25) is 4.79 Å². The molecule has 1 aromatic rings. The van der Waals surface area contributed by atoms with Crippen LogP contribution >= 0.6 is 0 Å². The third-order valence-electron chi connectivity index (χ3n) is 6.38. The minimum Gasteiger partial charge on any atom is -0.460 e. The minimum absolute atomic E-state index is 0.132. The summed E-state index contributed by atoms with van der Waals surface area (Å²) >= 11 is 0. The Balaban J connectivity index is 1.52. The molecule has 1 saturated heterocycles. The quantitative estimate of drug-likeness (QED) is 0.695. The Morgan fingerprint density at radius 2 is 2.00 bits per heavy atom. The van der Waals surface area contributed by atoms with Gasteiger partial charge in [0.15, 0.2) is 5.79 Å². The lowest BCUT2D eigenvalue weighted by Crippen LogP contribution is -2.39. The van der Waals surface area contributed by atoms with Crippen LogP contribution in [0.25, 0.3) is 0 Å². The average molecular weight is 428 g/mol. The molecule has 1 fully saturated rings. The molecule has 0 aromatic heterocycles. The Labute approximate surface area is 181 Å². The normalized spacial score (nSPS) is 32.5. The van der Waals surface area contributed by atoms with E-state index in [-0.39, 0.29) is 36.7 Å². The van der Waals surface area contributed by atoms with Crippen molar-refractivity contribution in [2.45, 2.75) is 63.4 Å². The number of aliphatic hydroxyl groups excluding tert-OH is 1. The highest BCUT2D eigenvalue weighted by molar-refractivity contribution is 5.95. The number of hydrogen-bond donors (Lipinski definition) is 2. The van der Waals surface area contributed by atoms with Crippen molar-refractivity contribution in [3.05, 3.63) is 58.9 Å². The molecule has 3 aliphatic rings. The summed E-state index contributed by atoms with van der Waals surface area (Å²) in [5.74, 6) is -2.57. The van der Waals surface area contributed by atoms with E-state index in [0.717, 1.165) is 5.56 Å². The van der Waals surface area contributed by atoms with Gasteiger partial charge in [0.2, 0.25) is 0 Å². The predicted octanol–water partition coefficient (Wildman–Crippen LogP) is 2.56. The van der Waals surface area contributed by atoms with E-state index in [9.17, 15) is 19.8 Å². The lowest BCUT2D eigenvalue weighted by atomic mass is 9.86. The Kier molecular flexibility index (Phi) is 5.77. The molecular weight excluding hydrogens is 400 g/mol. The lowest BCUT2D eigenvalue weighted by molar-refractivity contribution is -0.238. The number of aliphatic hydroxyl groups is 2. The highest BCUT2D eigenvalue weighted by atomic mass is 16.6. The topological polar surface area (TPSA) is 102 Å². The van der Waals surface area contributed by atoms with Crippen molar-refractivity contribution in [3.8, 4) is 0 Å². The Morgan fingerprint density at radius 3 is 2.74 bits per heavy atom. The Bertz CT molecular complexity index is 935. The highest BCUT2D eigenvalue weighted by Crippen LogP contribution is 2.47. The first-order valence-electron chi connectivity index (χ1n) is 10.7. The van der Waals surface area contributed by atoms with E-state index in [4.69, 9.17) is 14.2 Å². The molecule has 0 radical (unpaired) electrons. The standard InChI is InChI=1S/C24H28O7/c1-15-12-18(25)21-17(14-29-20(26)9-8-16-6-4-3-5-7-16)22(27)30-19(21)13-23(2)10-11-24(15,28)31-23/h3-7,13,15,18,25,28H,8-12,14H2,1-2H3/t15-,18+,23?,24?/m1/s1. The van der Waals surface area contributed by atoms with Gasteiger partial charge in [0.1, 0.15) is 12.4 Å². The van der Waals surface area contributed by atoms with Crippen LogP contribution in [-0.4, -0.2) is 46.3 Å². The van der Waals surface area contributed by atoms with Crippen molar-refractivity contribution in [2.24, 2.45) is 5.92 Å². The monoisotopic (exact) mass is 428 g/mol. The molecule has 7 heteroatoms. The fourth-order valence-electron chi connectivity index (χ4n) is 4.50. The number of hydrogen-bond acceptors (Lipinski definition) is 7. The van der Waals surface area contributed by atoms with E-state index >= 15 is 0 Å². The second kappa shape index (κ2) is 8.22. The summed E-state index contributed by atoms with van der Waals surface area (Å²) in [6.07, 6.45) is 2.48. The fraction of sp³-hybridized carbons (Fsp3) is 0.500. The SMILES string of the molecule is C[C@@H]1C[C@H](O)C2=C(COC(=O)CCc3ccccc3)C(=O)OC2=CC2(C)CCC1(O)O2. The Morgan fingerprint density at radius 1 is 1.26 bits per heavy atom. The summed E-state index contributed by atoms with van der Waals surface area (Å²) in [6.45, 7) is 3.35. The van der Waals surface area contributed by atoms with Gasteiger partial charge in [-0.05, 0) is 37.8 Å². The van der Waals surface area contributed by atoms with Crippen LogP contribution in [0, 0.1) is 5.92 Å². The molecule has 0 aliphatic carbocycles. The molecule has 3 heterocycles. The number of esters is 2. The first kappa shape index (κ1) is 21.7. The van der Waals surface area contributed by atoms with Gasteiger partial charge < -0.3 is 24.4 Å². The smallest absolute Gasteiger partial charge is 0.343 e. The molecule has 0 spiro atoms. The zero-order valence-corrected chi connectivity index (χ0v) is 17.8. The molecular formula is C24H28O7. The number of carbonyl (C=O) groups is 2. The molecule has 2 unspecified atom stereocenters. The molecule has 4 atom stereocenters. The van der Waals surface area contributed by atoms with Crippen molar-refractivity contribution in [1.82, 2.24) is 0 Å². The number of ether oxygens (including phenoxy) is 3. The van der Waals surface area contributed by atoms with Crippen molar-refractivity contribution in [3.63, 3.8) is 0 Å². The summed E-state index contributed by atoms with van der Waals surface area (Å²) in [6, 6.07) is 9.59. The molecule has 0 saturated carbocycles. The van der Waals surface area contributed by atoms with Crippen molar-refractivity contribution >= 4 is 11.9 Å². The lowest BCUT2D eigenvalue weighted by Gasteiger charge is -2.32. The van der Waals surface area contributed by atoms with Gasteiger partial charge in [0.05, 0.1) is 17.3 Å². The van der Waals surface area contributed by atoms with Gasteiger partial charge in [0.25, 0.3) is 0 Å². The molecule has 0 amide bonds. The third-order valence-corrected chi connectivity index (χ3v) is 6.38. The largest absolute Gasteiger partial charge is 0.460 e. The second-order valence-corrected chi connectivity index (χ2v) is 8.85. The van der Waals surface area contributed by atoms with Gasteiger partial charge in [0, 0.05) is 24.3 Å². The maximum absolute atomic E-state index is 12.5. The van der Waals surface area contributed by atoms with Crippen LogP contribution < -0.4 is 0 Å². The molecule has 3 aliphatic heterocycles. The molecule has 2 N–H and O–H groups in total. The van der Waals surface area contributed by atoms with Gasteiger partial charge >= 0.3 is 11.9 Å². The van der Waals surface area contributed by atoms with Crippen molar-refractivity contribution in [2.75, 3.05) is 6.61 Å². The number of fused-ring (bicyclic) bond motifs is 3. The maximum atomic E-state index is 12.5. The first-order valence-corrected chi connectivity index (χ1v) is 10.7. The molecule has 2 bridgehead atoms. The predicted molar refractivity (Wildman–Crippen MR) is 110 cm³/mol. The van der Waals surface area contributed by atoms with Gasteiger partial charge in [-0.25, -0.2) is 4.79 Å². The first-order chi connectivity index (χ1) is 14.7. The van der Waals surface area contributed by atoms with E-state index in [2.05, 4.69) is 0 Å². The summed E-state index contributed by atoms with van der Waals surface area (Å²) < 4.78 is 16.7. The van der Waals surface area contributed by atoms with E-state index in [1.807, 2.05) is 37.3 Å². The van der Waals surface area contributed by atoms with Crippen molar-refractivity contribution < 1.29 is 34.0 Å². The number of carbonyl (C=O) groups excluding carboxylic acids is 2. The third kappa shape index (κ3) is 4.44. The van der Waals surface area contributed by atoms with Crippen LogP contribution in [0.1, 0.15) is 45.1 Å². The summed E-state index contributed by atoms with van der Waals surface area (Å²) in [7, 11) is 0. The molecule has 31 heavy (non-hydrogen) atoms. The molecule has 166 valence electrons. The summed E-state index contributed by atoms with van der Waals surface area (Å²) in [5.41, 5.74) is 0.644. The summed E-state index contributed by atoms with van der Waals surface area (Å²) in [4.78, 5) is 24.8. The van der Waals surface area contributed by atoms with Crippen LogP contribution in [0.2, 0.25) is 0 Å². The van der Waals surface area contributed by atoms with Crippen LogP contribution in [0.4, 0.5) is 0 Å². The van der Waals surface area contributed by atoms with E-state index in [1.54, 1.807) is 13.0 Å². The van der Waals surface area contributed by atoms with Crippen LogP contribution in [0.3, 0.4) is 0 Å². The van der Waals surface area contributed by atoms with Gasteiger partial charge in [-0.15, -0.1) is 0 Å². The van der Waals surface area contributed by atoms with E-state index in [1.165, 1.54) is 0 Å². The molecule has 4 rings (SSSR count). The van der Waals surface area contributed by atoms with E-state index < -0.39 is 29.4 Å². The summed E-state index contributed by atoms with van der Waals surface area (Å²) in [5, 5.41) is 21.7. The highest BCUT2D eigenvalue weighted by Gasteiger charge is 2.51. The van der Waals surface area contributed by atoms with E-state index in [0.29, 0.717) is 24.8 Å². The zero-order chi connectivity index (χ0) is 22.2. The minimum atomic E-state index is -1.35. The number of benzene rings is 1. The van der Waals surface area contributed by atoms with Gasteiger partial charge in [-0.2, -0.15) is 0 Å². The molecule has 1 aromatic carbocycles. The van der Waals surface area contributed by atoms with Gasteiger partial charge in [-0.1, -0.05) is 37.3 Å². The average Bonchev–Trinajstić information content (AvgIpc) is 3.21. The second-order valence-electron chi connectivity index (χ2n) is 8.85. The van der Waals surface area contributed by atoms with Crippen LogP contribution in [0.15, 0.2) is 53.3 Å². The van der Waals surface area contributed by atoms with Crippen LogP contribution in [0.5, 0.6) is 0 Å². The zero-order valence-electron chi connectivity index (χ0n) is 17.8. The number of aryl methyl sites for hydroxylation is 1. The fourth-order valence-corrected chi connectivity index (χ4v) is 4.50.